The Morgan fingerprint density at radius 3 is 2.50 bits per heavy atom. The van der Waals surface area contributed by atoms with Gasteiger partial charge in [0.1, 0.15) is 0 Å². The quantitative estimate of drug-likeness (QED) is 0.816. The topological polar surface area (TPSA) is 27.3 Å². The SMILES string of the molecule is CCCNC(=S)NC1C[C@H]2CC[C@H](C1)N2Cc1ccccc1. The number of thiocarbonyl (C=S) groups is 1. The lowest BCUT2D eigenvalue weighted by Gasteiger charge is -2.39. The van der Waals surface area contributed by atoms with Crippen LogP contribution in [-0.2, 0) is 6.54 Å². The minimum atomic E-state index is 0.543. The standard InChI is InChI=1S/C18H27N3S/c1-2-10-19-18(22)20-15-11-16-8-9-17(12-15)21(16)13-14-6-4-3-5-7-14/h3-7,15-17H,2,8-13H2,1H3,(H2,19,20,22)/t16-,17-/m1/s1. The highest BCUT2D eigenvalue weighted by atomic mass is 32.1. The van der Waals surface area contributed by atoms with E-state index in [0.29, 0.717) is 18.1 Å². The molecule has 2 heterocycles. The summed E-state index contributed by atoms with van der Waals surface area (Å²) in [6.07, 6.45) is 6.23. The van der Waals surface area contributed by atoms with Crippen LogP contribution in [0.4, 0.5) is 0 Å². The first-order valence-corrected chi connectivity index (χ1v) is 9.01. The maximum absolute atomic E-state index is 5.40. The van der Waals surface area contributed by atoms with Gasteiger partial charge in [-0.2, -0.15) is 0 Å². The van der Waals surface area contributed by atoms with Gasteiger partial charge in [0.2, 0.25) is 0 Å². The van der Waals surface area contributed by atoms with Crippen molar-refractivity contribution in [1.82, 2.24) is 15.5 Å². The van der Waals surface area contributed by atoms with Crippen molar-refractivity contribution < 1.29 is 0 Å². The summed E-state index contributed by atoms with van der Waals surface area (Å²) in [6, 6.07) is 12.8. The van der Waals surface area contributed by atoms with Crippen LogP contribution in [-0.4, -0.2) is 34.7 Å². The van der Waals surface area contributed by atoms with E-state index in [1.807, 2.05) is 0 Å². The van der Waals surface area contributed by atoms with E-state index in [4.69, 9.17) is 12.2 Å². The number of hydrogen-bond donors (Lipinski definition) is 2. The Bertz CT molecular complexity index is 476. The molecule has 0 aromatic heterocycles. The zero-order chi connectivity index (χ0) is 15.4. The van der Waals surface area contributed by atoms with Crippen LogP contribution in [0.3, 0.4) is 0 Å². The first-order chi connectivity index (χ1) is 10.8. The lowest BCUT2D eigenvalue weighted by atomic mass is 9.96. The van der Waals surface area contributed by atoms with Crippen LogP contribution in [0.15, 0.2) is 30.3 Å². The number of rotatable bonds is 5. The van der Waals surface area contributed by atoms with Crippen LogP contribution < -0.4 is 10.6 Å². The zero-order valence-corrected chi connectivity index (χ0v) is 14.2. The second-order valence-corrected chi connectivity index (χ2v) is 7.02. The number of piperidine rings is 1. The van der Waals surface area contributed by atoms with Crippen molar-refractivity contribution in [3.8, 4) is 0 Å². The van der Waals surface area contributed by atoms with Crippen LogP contribution in [0.2, 0.25) is 0 Å². The third kappa shape index (κ3) is 3.79. The van der Waals surface area contributed by atoms with Crippen molar-refractivity contribution in [3.63, 3.8) is 0 Å². The van der Waals surface area contributed by atoms with Crippen LogP contribution in [0, 0.1) is 0 Å². The Morgan fingerprint density at radius 2 is 1.86 bits per heavy atom. The molecule has 2 atom stereocenters. The lowest BCUT2D eigenvalue weighted by Crippen LogP contribution is -2.51. The normalized spacial score (nSPS) is 27.6. The van der Waals surface area contributed by atoms with Gasteiger partial charge in [-0.25, -0.2) is 0 Å². The summed E-state index contributed by atoms with van der Waals surface area (Å²) in [4.78, 5) is 2.72. The average Bonchev–Trinajstić information content (AvgIpc) is 2.76. The van der Waals surface area contributed by atoms with Crippen molar-refractivity contribution in [3.05, 3.63) is 35.9 Å². The summed E-state index contributed by atoms with van der Waals surface area (Å²) in [5.74, 6) is 0. The molecular weight excluding hydrogens is 290 g/mol. The monoisotopic (exact) mass is 317 g/mol. The molecule has 2 saturated heterocycles. The van der Waals surface area contributed by atoms with E-state index in [0.717, 1.165) is 24.6 Å². The van der Waals surface area contributed by atoms with Gasteiger partial charge < -0.3 is 10.6 Å². The number of fused-ring (bicyclic) bond motifs is 2. The minimum Gasteiger partial charge on any atom is -0.363 e. The summed E-state index contributed by atoms with van der Waals surface area (Å²) in [7, 11) is 0. The zero-order valence-electron chi connectivity index (χ0n) is 13.4. The highest BCUT2D eigenvalue weighted by Gasteiger charge is 2.40. The van der Waals surface area contributed by atoms with Crippen LogP contribution in [0.1, 0.15) is 44.6 Å². The Hall–Kier alpha value is -1.13. The fourth-order valence-corrected chi connectivity index (χ4v) is 4.19. The fourth-order valence-electron chi connectivity index (χ4n) is 3.92. The van der Waals surface area contributed by atoms with E-state index in [-0.39, 0.29) is 0 Å². The molecule has 3 rings (SSSR count). The molecule has 0 unspecified atom stereocenters. The third-order valence-electron chi connectivity index (χ3n) is 4.96. The Morgan fingerprint density at radius 1 is 1.18 bits per heavy atom. The van der Waals surface area contributed by atoms with Crippen LogP contribution >= 0.6 is 12.2 Å². The molecule has 2 aliphatic rings. The second-order valence-electron chi connectivity index (χ2n) is 6.61. The number of hydrogen-bond acceptors (Lipinski definition) is 2. The van der Waals surface area contributed by atoms with Crippen LogP contribution in [0.5, 0.6) is 0 Å². The van der Waals surface area contributed by atoms with E-state index in [9.17, 15) is 0 Å². The predicted octanol–water partition coefficient (Wildman–Crippen LogP) is 3.06. The Labute approximate surface area is 139 Å². The minimum absolute atomic E-state index is 0.543. The Balaban J connectivity index is 1.54. The number of nitrogens with one attached hydrogen (secondary N) is 2. The van der Waals surface area contributed by atoms with Gasteiger partial charge in [-0.15, -0.1) is 0 Å². The molecule has 0 aliphatic carbocycles. The largest absolute Gasteiger partial charge is 0.363 e. The first kappa shape index (κ1) is 15.8. The summed E-state index contributed by atoms with van der Waals surface area (Å²) in [5, 5.41) is 7.66. The molecule has 4 heteroatoms. The van der Waals surface area contributed by atoms with E-state index in [1.54, 1.807) is 0 Å². The third-order valence-corrected chi connectivity index (χ3v) is 5.23. The maximum Gasteiger partial charge on any atom is 0.166 e. The van der Waals surface area contributed by atoms with Gasteiger partial charge in [0.15, 0.2) is 5.11 Å². The molecule has 0 saturated carbocycles. The van der Waals surface area contributed by atoms with Crippen molar-refractivity contribution >= 4 is 17.3 Å². The molecule has 2 N–H and O–H groups in total. The molecular formula is C18H27N3S. The first-order valence-electron chi connectivity index (χ1n) is 8.60. The van der Waals surface area contributed by atoms with Gasteiger partial charge in [0.05, 0.1) is 0 Å². The molecule has 0 radical (unpaired) electrons. The predicted molar refractivity (Wildman–Crippen MR) is 95.8 cm³/mol. The summed E-state index contributed by atoms with van der Waals surface area (Å²) < 4.78 is 0. The van der Waals surface area contributed by atoms with E-state index < -0.39 is 0 Å². The van der Waals surface area contributed by atoms with Gasteiger partial charge in [0, 0.05) is 31.2 Å². The number of nitrogens with zero attached hydrogens (tertiary/aromatic N) is 1. The highest BCUT2D eigenvalue weighted by Crippen LogP contribution is 2.36. The Kier molecular flexibility index (Phi) is 5.32. The molecule has 2 aliphatic heterocycles. The highest BCUT2D eigenvalue weighted by molar-refractivity contribution is 7.80. The summed E-state index contributed by atoms with van der Waals surface area (Å²) in [5.41, 5.74) is 1.44. The molecule has 2 bridgehead atoms. The molecule has 3 nitrogen and oxygen atoms in total. The molecule has 0 spiro atoms. The molecule has 2 fully saturated rings. The van der Waals surface area contributed by atoms with E-state index in [1.165, 1.54) is 31.2 Å². The molecule has 1 aromatic carbocycles. The van der Waals surface area contributed by atoms with E-state index in [2.05, 4.69) is 52.8 Å². The van der Waals surface area contributed by atoms with Crippen molar-refractivity contribution in [2.45, 2.75) is 63.7 Å². The van der Waals surface area contributed by atoms with Gasteiger partial charge in [0.25, 0.3) is 0 Å². The maximum atomic E-state index is 5.40. The molecule has 22 heavy (non-hydrogen) atoms. The van der Waals surface area contributed by atoms with Gasteiger partial charge in [-0.3, -0.25) is 4.90 Å². The van der Waals surface area contributed by atoms with Crippen molar-refractivity contribution in [2.75, 3.05) is 6.54 Å². The van der Waals surface area contributed by atoms with Crippen molar-refractivity contribution in [1.29, 1.82) is 0 Å². The summed E-state index contributed by atoms with van der Waals surface area (Å²) >= 11 is 5.40. The van der Waals surface area contributed by atoms with Gasteiger partial charge in [-0.05, 0) is 49.9 Å². The lowest BCUT2D eigenvalue weighted by molar-refractivity contribution is 0.115. The molecule has 120 valence electrons. The van der Waals surface area contributed by atoms with Crippen molar-refractivity contribution in [2.24, 2.45) is 0 Å². The second kappa shape index (κ2) is 7.42. The smallest absolute Gasteiger partial charge is 0.166 e. The van der Waals surface area contributed by atoms with Gasteiger partial charge in [-0.1, -0.05) is 37.3 Å². The molecule has 0 amide bonds. The van der Waals surface area contributed by atoms with E-state index >= 15 is 0 Å². The van der Waals surface area contributed by atoms with Crippen LogP contribution in [0.25, 0.3) is 0 Å². The number of benzene rings is 1. The fraction of sp³-hybridized carbons (Fsp3) is 0.611. The summed E-state index contributed by atoms with van der Waals surface area (Å²) in [6.45, 7) is 4.23. The molecule has 1 aromatic rings. The van der Waals surface area contributed by atoms with Gasteiger partial charge >= 0.3 is 0 Å². The average molecular weight is 318 g/mol.